The number of hydrogen-bond donors (Lipinski definition) is 1. The van der Waals surface area contributed by atoms with E-state index in [0.29, 0.717) is 28.0 Å². The lowest BCUT2D eigenvalue weighted by Gasteiger charge is -2.10. The molecule has 1 aromatic heterocycles. The lowest BCUT2D eigenvalue weighted by molar-refractivity contribution is -0.137. The van der Waals surface area contributed by atoms with Crippen molar-refractivity contribution in [2.24, 2.45) is 0 Å². The van der Waals surface area contributed by atoms with Crippen LogP contribution in [0.1, 0.15) is 24.6 Å². The average molecular weight is 363 g/mol. The van der Waals surface area contributed by atoms with Gasteiger partial charge in [0, 0.05) is 16.6 Å². The molecular formula is C14H14BrF3N2O. The van der Waals surface area contributed by atoms with Crippen molar-refractivity contribution in [3.8, 4) is 11.3 Å². The van der Waals surface area contributed by atoms with Gasteiger partial charge in [0.05, 0.1) is 5.56 Å². The van der Waals surface area contributed by atoms with Crippen molar-refractivity contribution in [1.29, 1.82) is 0 Å². The molecule has 2 aromatic rings. The SMILES string of the molecule is CCCNCc1ncoc1-c1cc(C(F)(F)F)ccc1Br. The number of rotatable bonds is 5. The zero-order chi connectivity index (χ0) is 15.5. The van der Waals surface area contributed by atoms with E-state index in [0.717, 1.165) is 25.1 Å². The van der Waals surface area contributed by atoms with Gasteiger partial charge in [-0.15, -0.1) is 0 Å². The van der Waals surface area contributed by atoms with E-state index in [-0.39, 0.29) is 0 Å². The lowest BCUT2D eigenvalue weighted by Crippen LogP contribution is -2.14. The van der Waals surface area contributed by atoms with Crippen molar-refractivity contribution in [2.45, 2.75) is 26.1 Å². The molecule has 0 saturated heterocycles. The monoisotopic (exact) mass is 362 g/mol. The van der Waals surface area contributed by atoms with Crippen LogP contribution in [-0.4, -0.2) is 11.5 Å². The maximum absolute atomic E-state index is 12.8. The second kappa shape index (κ2) is 6.62. The van der Waals surface area contributed by atoms with Gasteiger partial charge in [-0.05, 0) is 31.2 Å². The van der Waals surface area contributed by atoms with Crippen molar-refractivity contribution in [3.05, 3.63) is 40.3 Å². The molecule has 1 heterocycles. The first-order valence-corrected chi connectivity index (χ1v) is 7.23. The van der Waals surface area contributed by atoms with E-state index in [4.69, 9.17) is 4.42 Å². The van der Waals surface area contributed by atoms with E-state index < -0.39 is 11.7 Å². The van der Waals surface area contributed by atoms with Gasteiger partial charge in [0.25, 0.3) is 0 Å². The van der Waals surface area contributed by atoms with E-state index in [1.807, 2.05) is 6.92 Å². The second-order valence-electron chi connectivity index (χ2n) is 4.50. The van der Waals surface area contributed by atoms with E-state index in [9.17, 15) is 13.2 Å². The summed E-state index contributed by atoms with van der Waals surface area (Å²) in [7, 11) is 0. The Balaban J connectivity index is 2.36. The highest BCUT2D eigenvalue weighted by atomic mass is 79.9. The van der Waals surface area contributed by atoms with Gasteiger partial charge in [-0.2, -0.15) is 13.2 Å². The highest BCUT2D eigenvalue weighted by Gasteiger charge is 2.31. The van der Waals surface area contributed by atoms with E-state index in [2.05, 4.69) is 26.2 Å². The number of aromatic nitrogens is 1. The van der Waals surface area contributed by atoms with Crippen LogP contribution in [0.4, 0.5) is 13.2 Å². The molecule has 2 rings (SSSR count). The molecule has 0 fully saturated rings. The van der Waals surface area contributed by atoms with Crippen LogP contribution < -0.4 is 5.32 Å². The normalized spacial score (nSPS) is 11.9. The third kappa shape index (κ3) is 3.85. The summed E-state index contributed by atoms with van der Waals surface area (Å²) in [5.74, 6) is 0.344. The molecule has 0 saturated carbocycles. The zero-order valence-electron chi connectivity index (χ0n) is 11.3. The first-order valence-electron chi connectivity index (χ1n) is 6.43. The molecular weight excluding hydrogens is 349 g/mol. The van der Waals surface area contributed by atoms with Gasteiger partial charge in [0.1, 0.15) is 5.69 Å². The predicted octanol–water partition coefficient (Wildman–Crippen LogP) is 4.62. The third-order valence-corrected chi connectivity index (χ3v) is 3.59. The van der Waals surface area contributed by atoms with E-state index in [1.165, 1.54) is 12.5 Å². The molecule has 0 bridgehead atoms. The molecule has 21 heavy (non-hydrogen) atoms. The van der Waals surface area contributed by atoms with Crippen molar-refractivity contribution >= 4 is 15.9 Å². The smallest absolute Gasteiger partial charge is 0.416 e. The Morgan fingerprint density at radius 1 is 1.33 bits per heavy atom. The first-order chi connectivity index (χ1) is 9.93. The summed E-state index contributed by atoms with van der Waals surface area (Å²) < 4.78 is 44.3. The number of nitrogens with zero attached hydrogens (tertiary/aromatic N) is 1. The lowest BCUT2D eigenvalue weighted by atomic mass is 10.1. The van der Waals surface area contributed by atoms with Crippen molar-refractivity contribution in [1.82, 2.24) is 10.3 Å². The maximum Gasteiger partial charge on any atom is 0.416 e. The van der Waals surface area contributed by atoms with E-state index in [1.54, 1.807) is 0 Å². The summed E-state index contributed by atoms with van der Waals surface area (Å²) in [6.07, 6.45) is -2.19. The molecule has 7 heteroatoms. The van der Waals surface area contributed by atoms with Crippen LogP contribution in [0.15, 0.2) is 33.5 Å². The Kier molecular flexibility index (Phi) is 5.05. The van der Waals surface area contributed by atoms with Crippen molar-refractivity contribution < 1.29 is 17.6 Å². The summed E-state index contributed by atoms with van der Waals surface area (Å²) >= 11 is 3.26. The molecule has 3 nitrogen and oxygen atoms in total. The second-order valence-corrected chi connectivity index (χ2v) is 5.35. The topological polar surface area (TPSA) is 38.1 Å². The first kappa shape index (κ1) is 16.0. The molecule has 0 amide bonds. The molecule has 0 aliphatic heterocycles. The van der Waals surface area contributed by atoms with Crippen LogP contribution in [0.2, 0.25) is 0 Å². The highest BCUT2D eigenvalue weighted by molar-refractivity contribution is 9.10. The minimum Gasteiger partial charge on any atom is -0.443 e. The molecule has 0 radical (unpaired) electrons. The molecule has 1 aromatic carbocycles. The number of benzene rings is 1. The minimum absolute atomic E-state index is 0.343. The summed E-state index contributed by atoms with van der Waals surface area (Å²) in [6, 6.07) is 3.46. The predicted molar refractivity (Wildman–Crippen MR) is 76.6 cm³/mol. The standard InChI is InChI=1S/C14H14BrF3N2O/c1-2-5-19-7-12-13(21-8-20-12)10-6-9(14(16,17)18)3-4-11(10)15/h3-4,6,8,19H,2,5,7H2,1H3. The van der Waals surface area contributed by atoms with Crippen LogP contribution in [0.3, 0.4) is 0 Å². The molecule has 1 N–H and O–H groups in total. The van der Waals surface area contributed by atoms with Gasteiger partial charge in [-0.3, -0.25) is 0 Å². The molecule has 114 valence electrons. The Bertz CT molecular complexity index is 611. The van der Waals surface area contributed by atoms with Gasteiger partial charge >= 0.3 is 6.18 Å². The van der Waals surface area contributed by atoms with Gasteiger partial charge in [-0.25, -0.2) is 4.98 Å². The maximum atomic E-state index is 12.8. The van der Waals surface area contributed by atoms with Crippen LogP contribution >= 0.6 is 15.9 Å². The number of oxazole rings is 1. The summed E-state index contributed by atoms with van der Waals surface area (Å²) in [4.78, 5) is 4.07. The summed E-state index contributed by atoms with van der Waals surface area (Å²) in [5, 5.41) is 3.15. The molecule has 0 spiro atoms. The Morgan fingerprint density at radius 3 is 2.76 bits per heavy atom. The van der Waals surface area contributed by atoms with Crippen molar-refractivity contribution in [2.75, 3.05) is 6.54 Å². The van der Waals surface area contributed by atoms with Gasteiger partial charge < -0.3 is 9.73 Å². The number of halogens is 4. The molecule has 0 aliphatic rings. The van der Waals surface area contributed by atoms with Crippen LogP contribution in [0.5, 0.6) is 0 Å². The van der Waals surface area contributed by atoms with Gasteiger partial charge in [-0.1, -0.05) is 22.9 Å². The molecule has 0 atom stereocenters. The Hall–Kier alpha value is -1.34. The number of nitrogens with one attached hydrogen (secondary N) is 1. The van der Waals surface area contributed by atoms with Crippen molar-refractivity contribution in [3.63, 3.8) is 0 Å². The minimum atomic E-state index is -4.39. The fourth-order valence-corrected chi connectivity index (χ4v) is 2.30. The van der Waals surface area contributed by atoms with Gasteiger partial charge in [0.15, 0.2) is 12.2 Å². The molecule has 0 aliphatic carbocycles. The molecule has 0 unspecified atom stereocenters. The number of alkyl halides is 3. The van der Waals surface area contributed by atoms with Crippen LogP contribution in [-0.2, 0) is 12.7 Å². The quantitative estimate of drug-likeness (QED) is 0.788. The summed E-state index contributed by atoms with van der Waals surface area (Å²) in [5.41, 5.74) is 0.212. The Labute approximate surface area is 128 Å². The zero-order valence-corrected chi connectivity index (χ0v) is 12.9. The number of hydrogen-bond acceptors (Lipinski definition) is 3. The highest BCUT2D eigenvalue weighted by Crippen LogP contribution is 2.37. The third-order valence-electron chi connectivity index (χ3n) is 2.90. The van der Waals surface area contributed by atoms with Crippen LogP contribution in [0, 0.1) is 0 Å². The fraction of sp³-hybridized carbons (Fsp3) is 0.357. The fourth-order valence-electron chi connectivity index (χ4n) is 1.87. The van der Waals surface area contributed by atoms with E-state index >= 15 is 0 Å². The average Bonchev–Trinajstić information content (AvgIpc) is 2.86. The summed E-state index contributed by atoms with van der Waals surface area (Å²) in [6.45, 7) is 3.28. The van der Waals surface area contributed by atoms with Crippen LogP contribution in [0.25, 0.3) is 11.3 Å². The largest absolute Gasteiger partial charge is 0.443 e. The Morgan fingerprint density at radius 2 is 2.10 bits per heavy atom. The van der Waals surface area contributed by atoms with Gasteiger partial charge in [0.2, 0.25) is 0 Å².